The van der Waals surface area contributed by atoms with E-state index in [1.165, 1.54) is 21.1 Å². The van der Waals surface area contributed by atoms with E-state index in [0.717, 1.165) is 15.1 Å². The third-order valence-corrected chi connectivity index (χ3v) is 6.61. The Morgan fingerprint density at radius 1 is 0.684 bits per heavy atom. The molecule has 0 fully saturated rings. The molecule has 5 rings (SSSR count). The number of hydrogen-bond acceptors (Lipinski definition) is 1. The average molecular weight is 592 g/mol. The molecule has 6 heteroatoms. The van der Waals surface area contributed by atoms with Gasteiger partial charge in [-0.15, -0.1) is 29.7 Å². The first-order chi connectivity index (χ1) is 16.8. The van der Waals surface area contributed by atoms with Gasteiger partial charge in [0.05, 0.1) is 5.91 Å². The van der Waals surface area contributed by atoms with E-state index in [9.17, 15) is 4.79 Å². The third kappa shape index (κ3) is 11.5. The molecule has 1 N–H and O–H groups in total. The van der Waals surface area contributed by atoms with Crippen LogP contribution in [0, 0.1) is 0 Å². The number of nitrogens with one attached hydrogen (secondary N) is 1. The summed E-state index contributed by atoms with van der Waals surface area (Å²) in [5.74, 6) is -0.606. The van der Waals surface area contributed by atoms with Crippen LogP contribution in [0.1, 0.15) is 36.7 Å². The number of amides is 1. The zero-order valence-corrected chi connectivity index (χ0v) is 25.9. The Labute approximate surface area is 256 Å². The fraction of sp³-hybridized carbons (Fsp3) is 0.125. The van der Waals surface area contributed by atoms with Crippen LogP contribution >= 0.6 is 0 Å². The van der Waals surface area contributed by atoms with Gasteiger partial charge in [-0.2, -0.15) is 17.5 Å². The van der Waals surface area contributed by atoms with Crippen LogP contribution in [0.25, 0.3) is 16.5 Å². The van der Waals surface area contributed by atoms with Crippen molar-refractivity contribution in [2.45, 2.75) is 26.2 Å². The van der Waals surface area contributed by atoms with Gasteiger partial charge >= 0.3 is 21.7 Å². The summed E-state index contributed by atoms with van der Waals surface area (Å²) in [5.41, 5.74) is 8.47. The fourth-order valence-electron chi connectivity index (χ4n) is 3.61. The molecule has 5 aromatic carbocycles. The van der Waals surface area contributed by atoms with Gasteiger partial charge in [0.2, 0.25) is 0 Å². The van der Waals surface area contributed by atoms with Crippen molar-refractivity contribution in [3.8, 4) is 0 Å². The fourth-order valence-corrected chi connectivity index (χ4v) is 4.67. The molecule has 0 aliphatic carbocycles. The third-order valence-electron chi connectivity index (χ3n) is 5.36. The van der Waals surface area contributed by atoms with Crippen molar-refractivity contribution in [2.24, 2.45) is 0 Å². The molecule has 0 unspecified atom stereocenters. The van der Waals surface area contributed by atoms with Crippen molar-refractivity contribution < 1.29 is 51.3 Å². The van der Waals surface area contributed by atoms with Gasteiger partial charge < -0.3 is 35.3 Å². The predicted octanol–water partition coefficient (Wildman–Crippen LogP) is 1.08. The Hall–Kier alpha value is -2.53. The number of hydrogen-bond donors (Lipinski definition) is 0. The average Bonchev–Trinajstić information content (AvgIpc) is 3.35. The van der Waals surface area contributed by atoms with Crippen LogP contribution in [0.2, 0.25) is 0 Å². The molecule has 0 bridgehead atoms. The minimum Gasteiger partial charge on any atom is -1.00 e. The molecule has 1 amide bonds. The quantitative estimate of drug-likeness (QED) is 0.229. The van der Waals surface area contributed by atoms with Crippen molar-refractivity contribution in [2.75, 3.05) is 0 Å². The van der Waals surface area contributed by atoms with Crippen molar-refractivity contribution in [1.82, 2.24) is 0 Å². The number of carbonyl (C=O) groups excluding carboxylic acids is 1. The van der Waals surface area contributed by atoms with Gasteiger partial charge in [0.15, 0.2) is 0 Å². The zero-order valence-electron chi connectivity index (χ0n) is 21.8. The van der Waals surface area contributed by atoms with E-state index < -0.39 is 5.91 Å². The van der Waals surface area contributed by atoms with E-state index in [4.69, 9.17) is 5.73 Å². The molecule has 0 atom stereocenters. The van der Waals surface area contributed by atoms with E-state index in [-0.39, 0.29) is 51.9 Å². The van der Waals surface area contributed by atoms with Gasteiger partial charge in [0.25, 0.3) is 0 Å². The van der Waals surface area contributed by atoms with Crippen LogP contribution in [0.4, 0.5) is 0 Å². The summed E-state index contributed by atoms with van der Waals surface area (Å²) in [6, 6.07) is 43.1. The van der Waals surface area contributed by atoms with Gasteiger partial charge in [-0.25, -0.2) is 0 Å². The molecular weight excluding hydrogens is 561 g/mol. The molecule has 0 aromatic heterocycles. The maximum absolute atomic E-state index is 11.0. The molecule has 2 nitrogen and oxygen atoms in total. The van der Waals surface area contributed by atoms with Crippen molar-refractivity contribution in [3.63, 3.8) is 0 Å². The van der Waals surface area contributed by atoms with Gasteiger partial charge in [-0.1, -0.05) is 122 Å². The van der Waals surface area contributed by atoms with Gasteiger partial charge in [-0.3, -0.25) is 0 Å². The van der Waals surface area contributed by atoms with Crippen molar-refractivity contribution in [1.29, 1.82) is 0 Å². The molecule has 2 radical (unpaired) electrons. The van der Waals surface area contributed by atoms with Crippen molar-refractivity contribution in [3.05, 3.63) is 144 Å². The minimum atomic E-state index is -0.606. The van der Waals surface area contributed by atoms with E-state index in [1.807, 2.05) is 32.9 Å². The van der Waals surface area contributed by atoms with E-state index in [2.05, 4.69) is 103 Å². The largest absolute Gasteiger partial charge is 4.00 e. The Balaban J connectivity index is 0.000000527. The predicted molar refractivity (Wildman–Crippen MR) is 151 cm³/mol. The summed E-state index contributed by atoms with van der Waals surface area (Å²) in [7, 11) is 0.777. The molecule has 0 saturated heterocycles. The number of halogens is 2. The Morgan fingerprint density at radius 2 is 1.16 bits per heavy atom. The normalized spacial score (nSPS) is 9.66. The summed E-state index contributed by atoms with van der Waals surface area (Å²) < 4.78 is 0. The molecular formula is C32H31Cl2NOSiTi. The summed E-state index contributed by atoms with van der Waals surface area (Å²) >= 11 is 0. The minimum absolute atomic E-state index is 0. The maximum atomic E-state index is 11.0. The smallest absolute Gasteiger partial charge is 1.00 e. The number of benzene rings is 4. The van der Waals surface area contributed by atoms with Crippen LogP contribution < -0.4 is 35.2 Å². The summed E-state index contributed by atoms with van der Waals surface area (Å²) in [5, 5.41) is 5.46. The summed E-state index contributed by atoms with van der Waals surface area (Å²) in [6.45, 7) is 6.11. The Morgan fingerprint density at radius 3 is 1.63 bits per heavy atom. The van der Waals surface area contributed by atoms with E-state index in [1.54, 1.807) is 12.1 Å². The molecule has 192 valence electrons. The maximum Gasteiger partial charge on any atom is 4.00 e. The molecule has 0 saturated carbocycles. The number of carbonyl (C=O) groups is 1. The van der Waals surface area contributed by atoms with Crippen LogP contribution in [0.5, 0.6) is 0 Å². The SMILES string of the molecule is CC(C)(C)c1ccccc1C([NH-])=O.[Cl-].[Cl-].[Ti+4].c1ccc([Si]c2ccccc2)cc1.c1ccc2[cH-]ccc2c1. The van der Waals surface area contributed by atoms with Crippen LogP contribution in [-0.2, 0) is 27.1 Å². The first kappa shape index (κ1) is 35.5. The second kappa shape index (κ2) is 17.9. The van der Waals surface area contributed by atoms with Gasteiger partial charge in [0, 0.05) is 5.56 Å². The zero-order chi connectivity index (χ0) is 25.1. The van der Waals surface area contributed by atoms with Crippen LogP contribution in [-0.4, -0.2) is 15.4 Å². The van der Waals surface area contributed by atoms with Crippen molar-refractivity contribution >= 4 is 36.6 Å². The Bertz CT molecular complexity index is 1270. The second-order valence-electron chi connectivity index (χ2n) is 9.14. The number of fused-ring (bicyclic) bond motifs is 1. The topological polar surface area (TPSA) is 40.9 Å². The Kier molecular flexibility index (Phi) is 16.7. The van der Waals surface area contributed by atoms with Gasteiger partial charge in [0.1, 0.15) is 9.52 Å². The summed E-state index contributed by atoms with van der Waals surface area (Å²) in [4.78, 5) is 11.0. The van der Waals surface area contributed by atoms with Gasteiger partial charge in [-0.05, 0) is 11.0 Å². The van der Waals surface area contributed by atoms with E-state index >= 15 is 0 Å². The molecule has 0 aliphatic rings. The van der Waals surface area contributed by atoms with Crippen LogP contribution in [0.3, 0.4) is 0 Å². The summed E-state index contributed by atoms with van der Waals surface area (Å²) in [6.07, 6.45) is 0. The first-order valence-corrected chi connectivity index (χ1v) is 12.7. The second-order valence-corrected chi connectivity index (χ2v) is 10.5. The molecule has 5 aromatic rings. The molecule has 0 heterocycles. The molecule has 38 heavy (non-hydrogen) atoms. The molecule has 0 spiro atoms. The number of rotatable bonds is 3. The molecule has 0 aliphatic heterocycles. The first-order valence-electron chi connectivity index (χ1n) is 11.7. The standard InChI is InChI=1S/C12H10Si.C11H15NO.C9H7.2ClH.Ti/c1-3-7-11(8-4-1)13-12-9-5-2-6-10-12;1-11(2,3)9-7-5-4-6-8(9)10(12)13;1-2-5-9-7-3-6-8(9)4-1;;;/h1-10H;4-7H,1-3H3,(H2,12,13);1-7H;2*1H;/q;;-1;;;+4/p-3. The monoisotopic (exact) mass is 591 g/mol. The van der Waals surface area contributed by atoms with E-state index in [0.29, 0.717) is 5.56 Å². The van der Waals surface area contributed by atoms with Crippen LogP contribution in [0.15, 0.2) is 127 Å².